The molecule has 1 saturated heterocycles. The first-order chi connectivity index (χ1) is 17.8. The number of oxime groups is 1. The molecule has 0 unspecified atom stereocenters. The summed E-state index contributed by atoms with van der Waals surface area (Å²) < 4.78 is 8.20. The van der Waals surface area contributed by atoms with E-state index in [0.717, 1.165) is 11.3 Å². The summed E-state index contributed by atoms with van der Waals surface area (Å²) in [5, 5.41) is 26.0. The van der Waals surface area contributed by atoms with Crippen LogP contribution in [0.1, 0.15) is 5.69 Å². The van der Waals surface area contributed by atoms with E-state index in [9.17, 15) is 19.5 Å². The molecule has 37 heavy (non-hydrogen) atoms. The average molecular weight is 547 g/mol. The van der Waals surface area contributed by atoms with E-state index < -0.39 is 29.2 Å². The molecule has 1 fully saturated rings. The van der Waals surface area contributed by atoms with Crippen LogP contribution in [-0.4, -0.2) is 84.8 Å². The number of aliphatic carboxylic acids is 1. The quantitative estimate of drug-likeness (QED) is 0.134. The predicted molar refractivity (Wildman–Crippen MR) is 129 cm³/mol. The van der Waals surface area contributed by atoms with Crippen LogP contribution >= 0.6 is 23.1 Å². The molecule has 0 bridgehead atoms. The third kappa shape index (κ3) is 4.31. The second-order valence-corrected chi connectivity index (χ2v) is 9.77. The zero-order valence-corrected chi connectivity index (χ0v) is 21.0. The number of anilines is 1. The molecule has 5 rings (SSSR count). The number of carboxylic acids is 1. The van der Waals surface area contributed by atoms with Crippen LogP contribution in [0.25, 0.3) is 5.65 Å². The van der Waals surface area contributed by atoms with Gasteiger partial charge in [-0.1, -0.05) is 14.8 Å². The first-order valence-corrected chi connectivity index (χ1v) is 12.6. The van der Waals surface area contributed by atoms with E-state index in [1.54, 1.807) is 16.8 Å². The molecule has 2 amide bonds. The largest absolute Gasteiger partial charge is 0.479 e. The maximum atomic E-state index is 13.0. The summed E-state index contributed by atoms with van der Waals surface area (Å²) in [6.07, 6.45) is 1.48. The van der Waals surface area contributed by atoms with Crippen molar-refractivity contribution < 1.29 is 33.6 Å². The number of carbonyl (C=O) groups excluding carboxylic acids is 2. The van der Waals surface area contributed by atoms with Crippen molar-refractivity contribution in [1.29, 1.82) is 0 Å². The van der Waals surface area contributed by atoms with E-state index >= 15 is 0 Å². The summed E-state index contributed by atoms with van der Waals surface area (Å²) in [5.74, 6) is -1.79. The molecule has 0 aliphatic carbocycles. The molecule has 2 aliphatic rings. The summed E-state index contributed by atoms with van der Waals surface area (Å²) >= 11 is 2.46. The number of nitrogen functional groups attached to an aromatic ring is 1. The van der Waals surface area contributed by atoms with Gasteiger partial charge in [-0.3, -0.25) is 14.5 Å². The van der Waals surface area contributed by atoms with E-state index in [-0.39, 0.29) is 28.8 Å². The predicted octanol–water partition coefficient (Wildman–Crippen LogP) is -1.15. The Balaban J connectivity index is 1.37. The lowest BCUT2D eigenvalue weighted by molar-refractivity contribution is -0.582. The Morgan fingerprint density at radius 2 is 2.19 bits per heavy atom. The molecule has 5 heterocycles. The number of aromatic nitrogens is 5. The molecular formula is C20H20N9O6S2+. The van der Waals surface area contributed by atoms with Crippen LogP contribution in [0.5, 0.6) is 5.88 Å². The van der Waals surface area contributed by atoms with Crippen molar-refractivity contribution in [3.05, 3.63) is 40.8 Å². The highest BCUT2D eigenvalue weighted by molar-refractivity contribution is 8.00. The highest BCUT2D eigenvalue weighted by atomic mass is 32.2. The number of rotatable bonds is 8. The van der Waals surface area contributed by atoms with Crippen LogP contribution < -0.4 is 20.3 Å². The Bertz CT molecular complexity index is 1480. The average Bonchev–Trinajstić information content (AvgIpc) is 3.50. The topological polar surface area (TPSA) is 191 Å². The summed E-state index contributed by atoms with van der Waals surface area (Å²) in [6, 6.07) is 2.46. The Hall–Kier alpha value is -4.25. The van der Waals surface area contributed by atoms with E-state index in [4.69, 9.17) is 15.3 Å². The fraction of sp³-hybridized carbons (Fsp3) is 0.300. The number of amides is 2. The van der Waals surface area contributed by atoms with Crippen molar-refractivity contribution >= 4 is 57.4 Å². The molecule has 15 nitrogen and oxygen atoms in total. The molecule has 3 aromatic heterocycles. The van der Waals surface area contributed by atoms with Gasteiger partial charge in [0.25, 0.3) is 23.8 Å². The van der Waals surface area contributed by atoms with E-state index in [1.807, 2.05) is 0 Å². The number of methoxy groups -OCH3 is 1. The second kappa shape index (κ2) is 9.66. The standard InChI is InChI=1S/C20H19N9O6S2/c1-34-11-3-4-12-27(22-8-28(12)25-11)5-9-6-36-18-14(17(31)29(18)15(9)19(32)33)24-16(30)13(26-35-2)10-7-37-20(21)23-10/h3-4,7-8,14,18H,5-6H2,1-2H3,(H3-,21,23,24,30,32,33)/p+1/b26-13-/t14-,18-/m1/s1. The Kier molecular flexibility index (Phi) is 6.38. The van der Waals surface area contributed by atoms with Crippen LogP contribution in [0.3, 0.4) is 0 Å². The maximum absolute atomic E-state index is 13.0. The molecule has 0 saturated carbocycles. The number of nitrogens with one attached hydrogen (secondary N) is 1. The zero-order chi connectivity index (χ0) is 26.3. The number of thioether (sulfide) groups is 1. The molecule has 3 aromatic rings. The fourth-order valence-corrected chi connectivity index (χ4v) is 5.87. The third-order valence-electron chi connectivity index (χ3n) is 5.63. The summed E-state index contributed by atoms with van der Waals surface area (Å²) in [4.78, 5) is 48.1. The van der Waals surface area contributed by atoms with Gasteiger partial charge in [-0.25, -0.2) is 9.78 Å². The number of carboxylic acid groups (broad SMARTS) is 1. The monoisotopic (exact) mass is 546 g/mol. The molecule has 0 aromatic carbocycles. The molecule has 17 heteroatoms. The lowest BCUT2D eigenvalue weighted by Gasteiger charge is -2.49. The molecule has 0 radical (unpaired) electrons. The van der Waals surface area contributed by atoms with Crippen LogP contribution in [0.15, 0.2) is 40.3 Å². The van der Waals surface area contributed by atoms with E-state index in [0.29, 0.717) is 22.9 Å². The normalized spacial score (nSPS) is 19.5. The number of thiazole rings is 1. The van der Waals surface area contributed by atoms with Crippen LogP contribution in [-0.2, 0) is 25.8 Å². The van der Waals surface area contributed by atoms with Crippen molar-refractivity contribution in [3.8, 4) is 5.88 Å². The van der Waals surface area contributed by atoms with Crippen molar-refractivity contribution in [1.82, 2.24) is 30.1 Å². The number of hydrogen-bond acceptors (Lipinski definition) is 12. The lowest BCUT2D eigenvalue weighted by Crippen LogP contribution is -2.71. The number of hydrogen-bond donors (Lipinski definition) is 3. The number of β-lactam (4-membered cyclic amide) rings is 1. The Morgan fingerprint density at radius 3 is 2.86 bits per heavy atom. The maximum Gasteiger partial charge on any atom is 0.352 e. The minimum atomic E-state index is -1.25. The molecule has 2 atom stereocenters. The van der Waals surface area contributed by atoms with Crippen LogP contribution in [0.4, 0.5) is 5.13 Å². The number of fused-ring (bicyclic) bond motifs is 2. The van der Waals surface area contributed by atoms with Gasteiger partial charge in [-0.05, 0) is 0 Å². The highest BCUT2D eigenvalue weighted by Gasteiger charge is 2.54. The molecular weight excluding hydrogens is 526 g/mol. The van der Waals surface area contributed by atoms with Crippen LogP contribution in [0, 0.1) is 0 Å². The van der Waals surface area contributed by atoms with Gasteiger partial charge in [0.2, 0.25) is 5.88 Å². The zero-order valence-electron chi connectivity index (χ0n) is 19.4. The smallest absolute Gasteiger partial charge is 0.352 e. The van der Waals surface area contributed by atoms with Gasteiger partial charge < -0.3 is 25.7 Å². The third-order valence-corrected chi connectivity index (χ3v) is 7.64. The van der Waals surface area contributed by atoms with Gasteiger partial charge in [0.15, 0.2) is 10.8 Å². The van der Waals surface area contributed by atoms with Gasteiger partial charge >= 0.3 is 5.97 Å². The first kappa shape index (κ1) is 24.4. The fourth-order valence-electron chi connectivity index (χ4n) is 3.99. The van der Waals surface area contributed by atoms with E-state index in [2.05, 4.69) is 25.7 Å². The van der Waals surface area contributed by atoms with Gasteiger partial charge in [-0.15, -0.1) is 27.8 Å². The molecule has 192 valence electrons. The lowest BCUT2D eigenvalue weighted by atomic mass is 10.0. The van der Waals surface area contributed by atoms with Gasteiger partial charge in [0, 0.05) is 33.9 Å². The van der Waals surface area contributed by atoms with E-state index in [1.165, 1.54) is 47.1 Å². The first-order valence-electron chi connectivity index (χ1n) is 10.6. The van der Waals surface area contributed by atoms with Crippen LogP contribution in [0.2, 0.25) is 0 Å². The van der Waals surface area contributed by atoms with Crippen molar-refractivity contribution in [2.45, 2.75) is 18.0 Å². The summed E-state index contributed by atoms with van der Waals surface area (Å²) in [5.41, 5.74) is 6.67. The number of nitrogens with two attached hydrogens (primary N) is 1. The highest BCUT2D eigenvalue weighted by Crippen LogP contribution is 2.40. The number of carbonyl (C=O) groups is 3. The summed E-state index contributed by atoms with van der Waals surface area (Å²) in [6.45, 7) is 0.128. The van der Waals surface area contributed by atoms with Gasteiger partial charge in [-0.2, -0.15) is 0 Å². The molecule has 2 aliphatic heterocycles. The second-order valence-electron chi connectivity index (χ2n) is 7.78. The van der Waals surface area contributed by atoms with Crippen molar-refractivity contribution in [3.63, 3.8) is 0 Å². The van der Waals surface area contributed by atoms with Gasteiger partial charge in [0.1, 0.15) is 36.5 Å². The minimum Gasteiger partial charge on any atom is -0.479 e. The molecule has 4 N–H and O–H groups in total. The van der Waals surface area contributed by atoms with Gasteiger partial charge in [0.05, 0.1) is 7.11 Å². The van der Waals surface area contributed by atoms with Crippen molar-refractivity contribution in [2.75, 3.05) is 25.7 Å². The number of ether oxygens (including phenoxy) is 1. The van der Waals surface area contributed by atoms with Crippen molar-refractivity contribution in [2.24, 2.45) is 5.16 Å². The Labute approximate surface area is 216 Å². The minimum absolute atomic E-state index is 0.128. The summed E-state index contributed by atoms with van der Waals surface area (Å²) in [7, 11) is 2.77. The molecule has 0 spiro atoms. The Morgan fingerprint density at radius 1 is 1.38 bits per heavy atom. The number of nitrogens with zero attached hydrogens (tertiary/aromatic N) is 7. The SMILES string of the molecule is CO/N=C(\C(=O)N[C@@H]1C(=O)N2C(C(=O)O)=C(Cn3nc[n+]4nc(OC)ccc34)CS[C@H]12)c1csc(N)n1.